The van der Waals surface area contributed by atoms with Gasteiger partial charge in [0.05, 0.1) is 42.0 Å². The molecular formula is C22H20N4O2. The van der Waals surface area contributed by atoms with E-state index in [2.05, 4.69) is 17.0 Å². The van der Waals surface area contributed by atoms with E-state index in [0.717, 1.165) is 17.7 Å². The van der Waals surface area contributed by atoms with Crippen molar-refractivity contribution < 1.29 is 9.53 Å². The molecule has 2 fully saturated rings. The molecule has 2 saturated heterocycles. The highest BCUT2D eigenvalue weighted by Gasteiger charge is 2.38. The monoisotopic (exact) mass is 372 g/mol. The number of nitriles is 2. The van der Waals surface area contributed by atoms with Crippen LogP contribution in [0.25, 0.3) is 0 Å². The maximum absolute atomic E-state index is 13.0. The highest BCUT2D eigenvalue weighted by molar-refractivity contribution is 5.99. The molecule has 2 atom stereocenters. The third kappa shape index (κ3) is 3.48. The summed E-state index contributed by atoms with van der Waals surface area (Å²) < 4.78 is 5.92. The maximum atomic E-state index is 13.0. The Kier molecular flexibility index (Phi) is 5.08. The molecular weight excluding hydrogens is 352 g/mol. The summed E-state index contributed by atoms with van der Waals surface area (Å²) >= 11 is 0. The zero-order valence-corrected chi connectivity index (χ0v) is 15.4. The molecule has 6 heteroatoms. The van der Waals surface area contributed by atoms with Gasteiger partial charge in [-0.2, -0.15) is 10.5 Å². The van der Waals surface area contributed by atoms with Crippen LogP contribution in [0, 0.1) is 22.7 Å². The smallest absolute Gasteiger partial charge is 0.244 e. The van der Waals surface area contributed by atoms with Crippen molar-refractivity contribution >= 4 is 11.6 Å². The number of benzene rings is 2. The van der Waals surface area contributed by atoms with Crippen molar-refractivity contribution in [2.24, 2.45) is 0 Å². The van der Waals surface area contributed by atoms with Gasteiger partial charge in [-0.05, 0) is 48.4 Å². The first-order valence-corrected chi connectivity index (χ1v) is 9.37. The second-order valence-corrected chi connectivity index (χ2v) is 7.04. The second-order valence-electron chi connectivity index (χ2n) is 7.04. The van der Waals surface area contributed by atoms with E-state index in [1.54, 1.807) is 23.1 Å². The molecule has 2 unspecified atom stereocenters. The summed E-state index contributed by atoms with van der Waals surface area (Å²) in [5, 5.41) is 18.1. The van der Waals surface area contributed by atoms with Crippen LogP contribution in [-0.4, -0.2) is 43.1 Å². The Bertz CT molecular complexity index is 958. The van der Waals surface area contributed by atoms with Crippen molar-refractivity contribution in [2.45, 2.75) is 18.6 Å². The molecule has 0 aromatic heterocycles. The van der Waals surface area contributed by atoms with Crippen molar-refractivity contribution in [3.63, 3.8) is 0 Å². The minimum atomic E-state index is -0.166. The fourth-order valence-electron chi connectivity index (χ4n) is 3.94. The predicted molar refractivity (Wildman–Crippen MR) is 103 cm³/mol. The number of hydrogen-bond acceptors (Lipinski definition) is 5. The van der Waals surface area contributed by atoms with E-state index in [1.807, 2.05) is 30.3 Å². The van der Waals surface area contributed by atoms with Gasteiger partial charge in [-0.25, -0.2) is 0 Å². The van der Waals surface area contributed by atoms with Crippen LogP contribution < -0.4 is 4.90 Å². The normalized spacial score (nSPS) is 22.6. The molecule has 0 saturated carbocycles. The molecule has 1 amide bonds. The van der Waals surface area contributed by atoms with E-state index in [-0.39, 0.29) is 18.1 Å². The lowest BCUT2D eigenvalue weighted by Crippen LogP contribution is -2.48. The van der Waals surface area contributed by atoms with Crippen LogP contribution in [0.15, 0.2) is 48.5 Å². The van der Waals surface area contributed by atoms with Gasteiger partial charge >= 0.3 is 0 Å². The van der Waals surface area contributed by atoms with Crippen LogP contribution >= 0.6 is 0 Å². The van der Waals surface area contributed by atoms with E-state index < -0.39 is 0 Å². The zero-order valence-electron chi connectivity index (χ0n) is 15.4. The first-order valence-electron chi connectivity index (χ1n) is 9.37. The standard InChI is InChI=1S/C22H20N4O2/c23-13-16-4-6-19(7-5-16)26-9-8-20(22(26)27)25-10-11-28-21(15-25)18-3-1-2-17(12-18)14-24/h1-7,12,20-21H,8-11,15H2. The predicted octanol–water partition coefficient (Wildman–Crippen LogP) is 2.61. The van der Waals surface area contributed by atoms with Crippen molar-refractivity contribution in [1.29, 1.82) is 10.5 Å². The van der Waals surface area contributed by atoms with Crippen LogP contribution in [0.5, 0.6) is 0 Å². The number of hydrogen-bond donors (Lipinski definition) is 0. The van der Waals surface area contributed by atoms with Crippen LogP contribution in [0.1, 0.15) is 29.2 Å². The SMILES string of the molecule is N#Cc1ccc(N2CCC(N3CCOC(c4cccc(C#N)c4)C3)C2=O)cc1. The quantitative estimate of drug-likeness (QED) is 0.827. The average Bonchev–Trinajstić information content (AvgIpc) is 3.15. The van der Waals surface area contributed by atoms with Gasteiger partial charge in [0, 0.05) is 25.3 Å². The highest BCUT2D eigenvalue weighted by Crippen LogP contribution is 2.29. The molecule has 2 aliphatic heterocycles. The Morgan fingerprint density at radius 1 is 1.00 bits per heavy atom. The fourth-order valence-corrected chi connectivity index (χ4v) is 3.94. The lowest BCUT2D eigenvalue weighted by Gasteiger charge is -2.36. The number of nitrogens with zero attached hydrogens (tertiary/aromatic N) is 4. The Balaban J connectivity index is 1.47. The van der Waals surface area contributed by atoms with Gasteiger partial charge in [0.2, 0.25) is 5.91 Å². The zero-order chi connectivity index (χ0) is 19.5. The second kappa shape index (κ2) is 7.82. The first kappa shape index (κ1) is 18.2. The molecule has 0 aliphatic carbocycles. The molecule has 2 aromatic carbocycles. The van der Waals surface area contributed by atoms with Crippen molar-refractivity contribution in [1.82, 2.24) is 4.90 Å². The number of anilines is 1. The molecule has 4 rings (SSSR count). The summed E-state index contributed by atoms with van der Waals surface area (Å²) in [5.74, 6) is 0.0936. The summed E-state index contributed by atoms with van der Waals surface area (Å²) in [6.45, 7) is 2.57. The Hall–Kier alpha value is -3.19. The van der Waals surface area contributed by atoms with E-state index >= 15 is 0 Å². The van der Waals surface area contributed by atoms with Crippen molar-refractivity contribution in [2.75, 3.05) is 31.1 Å². The van der Waals surface area contributed by atoms with Gasteiger partial charge in [-0.1, -0.05) is 12.1 Å². The van der Waals surface area contributed by atoms with E-state index in [9.17, 15) is 4.79 Å². The number of carbonyl (C=O) groups is 1. The summed E-state index contributed by atoms with van der Waals surface area (Å²) in [4.78, 5) is 17.0. The van der Waals surface area contributed by atoms with Gasteiger partial charge < -0.3 is 9.64 Å². The lowest BCUT2D eigenvalue weighted by atomic mass is 10.0. The number of morpholine rings is 1. The molecule has 0 N–H and O–H groups in total. The van der Waals surface area contributed by atoms with E-state index in [4.69, 9.17) is 15.3 Å². The molecule has 28 heavy (non-hydrogen) atoms. The van der Waals surface area contributed by atoms with E-state index in [0.29, 0.717) is 37.4 Å². The number of ether oxygens (including phenoxy) is 1. The van der Waals surface area contributed by atoms with Gasteiger partial charge in [0.1, 0.15) is 0 Å². The number of amides is 1. The van der Waals surface area contributed by atoms with Gasteiger partial charge in [0.15, 0.2) is 0 Å². The van der Waals surface area contributed by atoms with Crippen molar-refractivity contribution in [3.8, 4) is 12.1 Å². The summed E-state index contributed by atoms with van der Waals surface area (Å²) in [6, 6.07) is 18.7. The van der Waals surface area contributed by atoms with E-state index in [1.165, 1.54) is 0 Å². The fraction of sp³-hybridized carbons (Fsp3) is 0.318. The summed E-state index contributed by atoms with van der Waals surface area (Å²) in [6.07, 6.45) is 0.628. The Morgan fingerprint density at radius 2 is 1.79 bits per heavy atom. The Labute approximate surface area is 164 Å². The average molecular weight is 372 g/mol. The van der Waals surface area contributed by atoms with Gasteiger partial charge in [0.25, 0.3) is 0 Å². The third-order valence-corrected chi connectivity index (χ3v) is 5.41. The van der Waals surface area contributed by atoms with Crippen LogP contribution in [0.4, 0.5) is 5.69 Å². The molecule has 140 valence electrons. The summed E-state index contributed by atoms with van der Waals surface area (Å²) in [7, 11) is 0. The molecule has 2 aromatic rings. The molecule has 0 bridgehead atoms. The minimum absolute atomic E-state index is 0.0936. The summed E-state index contributed by atoms with van der Waals surface area (Å²) in [5.41, 5.74) is 3.00. The topological polar surface area (TPSA) is 80.4 Å². The van der Waals surface area contributed by atoms with Crippen LogP contribution in [0.3, 0.4) is 0 Å². The highest BCUT2D eigenvalue weighted by atomic mass is 16.5. The number of rotatable bonds is 3. The Morgan fingerprint density at radius 3 is 2.54 bits per heavy atom. The molecule has 2 heterocycles. The molecule has 0 spiro atoms. The van der Waals surface area contributed by atoms with Gasteiger partial charge in [-0.15, -0.1) is 0 Å². The van der Waals surface area contributed by atoms with Crippen LogP contribution in [0.2, 0.25) is 0 Å². The lowest BCUT2D eigenvalue weighted by molar-refractivity contribution is -0.125. The van der Waals surface area contributed by atoms with Crippen molar-refractivity contribution in [3.05, 3.63) is 65.2 Å². The number of carbonyl (C=O) groups excluding carboxylic acids is 1. The maximum Gasteiger partial charge on any atom is 0.244 e. The largest absolute Gasteiger partial charge is 0.371 e. The minimum Gasteiger partial charge on any atom is -0.371 e. The third-order valence-electron chi connectivity index (χ3n) is 5.41. The first-order chi connectivity index (χ1) is 13.7. The van der Waals surface area contributed by atoms with Gasteiger partial charge in [-0.3, -0.25) is 9.69 Å². The molecule has 6 nitrogen and oxygen atoms in total. The van der Waals surface area contributed by atoms with Crippen LogP contribution in [-0.2, 0) is 9.53 Å². The molecule has 2 aliphatic rings. The molecule has 0 radical (unpaired) electrons.